The molecule has 1 nitrogen and oxygen atoms in total. The van der Waals surface area contributed by atoms with E-state index in [2.05, 4.69) is 0 Å². The van der Waals surface area contributed by atoms with Gasteiger partial charge < -0.3 is 0 Å². The second-order valence-electron chi connectivity index (χ2n) is 17.1. The van der Waals surface area contributed by atoms with Gasteiger partial charge in [0.2, 0.25) is 11.2 Å². The Labute approximate surface area is 424 Å². The molecule has 422 valence electrons. The van der Waals surface area contributed by atoms with Crippen LogP contribution in [0.4, 0.5) is 119 Å². The standard InChI is InChI=1S/C32H12BF24.C18H13F3N/c34-25(35,36)13-1-14(26(37,38)39)6-21(5-13)33(22-7-15(27(40,41)42)2-16(8-22)28(43,44)45,23-9-17(29(46,47)48)3-18(10-23)30(49,50)51)24-11-19(31(52,53)54)4-20(12-24)32(55,56)57;19-17(18(20)21)16-11-10-14-8-4-5-9-15(14)22(16)12-13-6-2-1-3-7-13/h1-12H;1-11H,12H2/q-1;+1. The molecule has 0 bridgehead atoms. The molecule has 0 aliphatic carbocycles. The highest BCUT2D eigenvalue weighted by atomic mass is 19.4. The van der Waals surface area contributed by atoms with Gasteiger partial charge in [-0.25, -0.2) is 0 Å². The van der Waals surface area contributed by atoms with Crippen molar-refractivity contribution in [3.63, 3.8) is 0 Å². The zero-order valence-electron chi connectivity index (χ0n) is 38.2. The molecule has 0 fully saturated rings. The van der Waals surface area contributed by atoms with Crippen molar-refractivity contribution in [1.82, 2.24) is 0 Å². The van der Waals surface area contributed by atoms with Gasteiger partial charge in [0.15, 0.2) is 6.54 Å². The van der Waals surface area contributed by atoms with E-state index >= 15 is 0 Å². The second kappa shape index (κ2) is 21.0. The number of halogens is 27. The minimum Gasteiger partial charge on any atom is -0.194 e. The molecule has 6 aromatic carbocycles. The third-order valence-corrected chi connectivity index (χ3v) is 12.0. The first-order valence-electron chi connectivity index (χ1n) is 21.5. The Balaban J connectivity index is 0.000000378. The van der Waals surface area contributed by atoms with Gasteiger partial charge in [0.1, 0.15) is 6.15 Å². The Kier molecular flexibility index (Phi) is 16.2. The normalized spacial score (nSPS) is 13.3. The van der Waals surface area contributed by atoms with Gasteiger partial charge in [0.25, 0.3) is 5.83 Å². The zero-order valence-corrected chi connectivity index (χ0v) is 38.2. The van der Waals surface area contributed by atoms with E-state index in [0.29, 0.717) is 12.1 Å². The minimum atomic E-state index is -6.13. The molecule has 7 rings (SSSR count). The highest BCUT2D eigenvalue weighted by molar-refractivity contribution is 7.20. The Morgan fingerprint density at radius 3 is 0.848 bits per heavy atom. The van der Waals surface area contributed by atoms with Gasteiger partial charge in [-0.2, -0.15) is 145 Å². The highest BCUT2D eigenvalue weighted by Crippen LogP contribution is 2.41. The Morgan fingerprint density at radius 2 is 0.582 bits per heavy atom. The monoisotopic (exact) mass is 1160 g/mol. The Morgan fingerprint density at radius 1 is 0.316 bits per heavy atom. The minimum absolute atomic E-state index is 0.123. The average molecular weight is 1160 g/mol. The fourth-order valence-corrected chi connectivity index (χ4v) is 8.56. The largest absolute Gasteiger partial charge is 0.416 e. The Bertz CT molecular complexity index is 2950. The molecule has 0 atom stereocenters. The molecule has 0 aliphatic heterocycles. The number of nitrogens with zero attached hydrogens (tertiary/aromatic N) is 1. The summed E-state index contributed by atoms with van der Waals surface area (Å²) in [6.07, 6.45) is -57.1. The van der Waals surface area contributed by atoms with Gasteiger partial charge in [0, 0.05) is 23.1 Å². The molecule has 1 aromatic heterocycles. The van der Waals surface area contributed by atoms with Crippen molar-refractivity contribution in [2.24, 2.45) is 0 Å². The van der Waals surface area contributed by atoms with Crippen molar-refractivity contribution < 1.29 is 123 Å². The molecular weight excluding hydrogens is 1140 g/mol. The van der Waals surface area contributed by atoms with Gasteiger partial charge >= 0.3 is 55.5 Å². The van der Waals surface area contributed by atoms with Crippen LogP contribution in [0.1, 0.15) is 55.8 Å². The molecular formula is C50H25BF27N. The molecule has 0 amide bonds. The number of benzene rings is 6. The summed E-state index contributed by atoms with van der Waals surface area (Å²) in [6.45, 7) is 0.318. The summed E-state index contributed by atoms with van der Waals surface area (Å²) in [4.78, 5) is 0. The first-order chi connectivity index (χ1) is 35.9. The average Bonchev–Trinajstić information content (AvgIpc) is 3.54. The van der Waals surface area contributed by atoms with Gasteiger partial charge in [-0.1, -0.05) is 91.0 Å². The maximum atomic E-state index is 14.2. The third kappa shape index (κ3) is 13.6. The van der Waals surface area contributed by atoms with Crippen molar-refractivity contribution in [2.75, 3.05) is 0 Å². The number of pyridine rings is 1. The first kappa shape index (κ1) is 60.9. The molecule has 1 heterocycles. The van der Waals surface area contributed by atoms with Crippen LogP contribution >= 0.6 is 0 Å². The molecule has 0 saturated carbocycles. The summed E-state index contributed by atoms with van der Waals surface area (Å²) >= 11 is 0. The summed E-state index contributed by atoms with van der Waals surface area (Å²) in [5.41, 5.74) is -28.7. The van der Waals surface area contributed by atoms with Gasteiger partial charge in [-0.05, 0) is 36.4 Å². The lowest BCUT2D eigenvalue weighted by Gasteiger charge is -2.46. The topological polar surface area (TPSA) is 3.88 Å². The lowest BCUT2D eigenvalue weighted by atomic mass is 9.12. The van der Waals surface area contributed by atoms with Gasteiger partial charge in [0.05, 0.1) is 44.5 Å². The van der Waals surface area contributed by atoms with Crippen molar-refractivity contribution >= 4 is 44.7 Å². The van der Waals surface area contributed by atoms with Crippen molar-refractivity contribution in [2.45, 2.75) is 56.0 Å². The number of para-hydroxylation sites is 1. The SMILES string of the molecule is FC(F)(F)c1cc([B-](c2cc(C(F)(F)F)cc(C(F)(F)F)c2)(c2cc(C(F)(F)F)cc(C(F)(F)F)c2)c2cc(C(F)(F)F)cc(C(F)(F)F)c2)cc(C(F)(F)F)c1.FC(F)=C(F)c1ccc2ccccc2[n+]1Cc1ccccc1. The molecule has 0 aliphatic rings. The van der Waals surface area contributed by atoms with Crippen LogP contribution in [-0.2, 0) is 56.0 Å². The number of rotatable bonds is 7. The zero-order chi connectivity index (χ0) is 59.4. The van der Waals surface area contributed by atoms with Crippen molar-refractivity contribution in [3.05, 3.63) is 201 Å². The Hall–Kier alpha value is -7.36. The third-order valence-electron chi connectivity index (χ3n) is 12.0. The molecule has 79 heavy (non-hydrogen) atoms. The molecule has 0 spiro atoms. The van der Waals surface area contributed by atoms with Crippen LogP contribution in [-0.4, -0.2) is 6.15 Å². The quantitative estimate of drug-likeness (QED) is 0.0851. The van der Waals surface area contributed by atoms with Crippen LogP contribution in [0.25, 0.3) is 16.7 Å². The van der Waals surface area contributed by atoms with Gasteiger partial charge in [-0.15, -0.1) is 0 Å². The number of hydrogen-bond acceptors (Lipinski definition) is 0. The number of aromatic nitrogens is 1. The molecule has 0 saturated heterocycles. The summed E-state index contributed by atoms with van der Waals surface area (Å²) in [5, 5.41) is 0.870. The van der Waals surface area contributed by atoms with Crippen LogP contribution in [0.2, 0.25) is 0 Å². The molecule has 7 aromatic rings. The maximum Gasteiger partial charge on any atom is 0.416 e. The van der Waals surface area contributed by atoms with Crippen molar-refractivity contribution in [1.29, 1.82) is 0 Å². The lowest BCUT2D eigenvalue weighted by Crippen LogP contribution is -2.75. The second-order valence-corrected chi connectivity index (χ2v) is 17.1. The van der Waals surface area contributed by atoms with E-state index < -0.39 is 207 Å². The number of fused-ring (bicyclic) bond motifs is 1. The van der Waals surface area contributed by atoms with E-state index in [1.54, 1.807) is 22.8 Å². The predicted octanol–water partition coefficient (Wildman–Crippen LogP) is 15.9. The van der Waals surface area contributed by atoms with Crippen LogP contribution in [0, 0.1) is 0 Å². The van der Waals surface area contributed by atoms with E-state index in [-0.39, 0.29) is 5.69 Å². The van der Waals surface area contributed by atoms with E-state index in [9.17, 15) is 119 Å². The van der Waals surface area contributed by atoms with E-state index in [1.807, 2.05) is 42.5 Å². The van der Waals surface area contributed by atoms with E-state index in [1.165, 1.54) is 6.07 Å². The van der Waals surface area contributed by atoms with Crippen LogP contribution in [0.15, 0.2) is 146 Å². The first-order valence-corrected chi connectivity index (χ1v) is 21.5. The van der Waals surface area contributed by atoms with E-state index in [0.717, 1.165) is 10.9 Å². The van der Waals surface area contributed by atoms with Gasteiger partial charge in [-0.3, -0.25) is 0 Å². The van der Waals surface area contributed by atoms with Crippen LogP contribution < -0.4 is 26.4 Å². The highest BCUT2D eigenvalue weighted by Gasteiger charge is 2.47. The molecule has 29 heteroatoms. The summed E-state index contributed by atoms with van der Waals surface area (Å²) in [5.74, 6) is -1.48. The fraction of sp³-hybridized carbons (Fsp3) is 0.180. The van der Waals surface area contributed by atoms with Crippen LogP contribution in [0.3, 0.4) is 0 Å². The smallest absolute Gasteiger partial charge is 0.194 e. The number of hydrogen-bond donors (Lipinski definition) is 0. The molecule has 0 unspecified atom stereocenters. The molecule has 0 radical (unpaired) electrons. The van der Waals surface area contributed by atoms with Crippen molar-refractivity contribution in [3.8, 4) is 0 Å². The lowest BCUT2D eigenvalue weighted by molar-refractivity contribution is -0.665. The summed E-state index contributed by atoms with van der Waals surface area (Å²) in [6, 6.07) is 10.9. The predicted molar refractivity (Wildman–Crippen MR) is 230 cm³/mol. The van der Waals surface area contributed by atoms with Crippen LogP contribution in [0.5, 0.6) is 0 Å². The van der Waals surface area contributed by atoms with E-state index in [4.69, 9.17) is 0 Å². The summed E-state index contributed by atoms with van der Waals surface area (Å²) < 4.78 is 382. The number of alkyl halides is 24. The molecule has 0 N–H and O–H groups in total. The summed E-state index contributed by atoms with van der Waals surface area (Å²) in [7, 11) is 0. The maximum absolute atomic E-state index is 14.2. The fourth-order valence-electron chi connectivity index (χ4n) is 8.56.